The van der Waals surface area contributed by atoms with Gasteiger partial charge in [-0.1, -0.05) is 36.6 Å². The number of aliphatic hydroxyl groups excluding tert-OH is 1. The van der Waals surface area contributed by atoms with Crippen LogP contribution < -0.4 is 14.2 Å². The number of halogens is 1. The average Bonchev–Trinajstić information content (AvgIpc) is 3.45. The first-order valence-electron chi connectivity index (χ1n) is 11.4. The second-order valence-corrected chi connectivity index (χ2v) is 8.74. The molecule has 7 nitrogen and oxygen atoms in total. The fourth-order valence-electron chi connectivity index (χ4n) is 4.87. The van der Waals surface area contributed by atoms with Gasteiger partial charge in [0.15, 0.2) is 0 Å². The van der Waals surface area contributed by atoms with Crippen molar-refractivity contribution in [2.75, 3.05) is 20.8 Å². The average molecular weight is 486 g/mol. The molecule has 2 aliphatic rings. The minimum atomic E-state index is -0.755. The molecule has 8 heteroatoms. The molecule has 34 heavy (non-hydrogen) atoms. The lowest BCUT2D eigenvalue weighted by atomic mass is 9.94. The first-order valence-corrected chi connectivity index (χ1v) is 11.7. The molecule has 180 valence electrons. The number of benzene rings is 2. The Morgan fingerprint density at radius 2 is 1.79 bits per heavy atom. The predicted octanol–water partition coefficient (Wildman–Crippen LogP) is 5.12. The van der Waals surface area contributed by atoms with E-state index in [0.29, 0.717) is 28.7 Å². The first-order chi connectivity index (χ1) is 16.4. The fraction of sp³-hybridized carbons (Fsp3) is 0.385. The van der Waals surface area contributed by atoms with E-state index in [1.165, 1.54) is 26.4 Å². The van der Waals surface area contributed by atoms with Crippen LogP contribution >= 0.6 is 11.6 Å². The summed E-state index contributed by atoms with van der Waals surface area (Å²) in [5, 5.41) is 11.8. The van der Waals surface area contributed by atoms with Crippen molar-refractivity contribution in [1.82, 2.24) is 4.90 Å². The van der Waals surface area contributed by atoms with Gasteiger partial charge in [-0.15, -0.1) is 0 Å². The molecule has 1 aliphatic heterocycles. The second kappa shape index (κ2) is 9.97. The number of hydrogen-bond acceptors (Lipinski definition) is 6. The van der Waals surface area contributed by atoms with Crippen molar-refractivity contribution in [3.63, 3.8) is 0 Å². The van der Waals surface area contributed by atoms with E-state index in [1.807, 2.05) is 31.2 Å². The lowest BCUT2D eigenvalue weighted by Crippen LogP contribution is -2.37. The zero-order valence-corrected chi connectivity index (χ0v) is 20.2. The van der Waals surface area contributed by atoms with Crippen molar-refractivity contribution in [3.8, 4) is 17.2 Å². The Labute approximate surface area is 203 Å². The molecule has 0 spiro atoms. The van der Waals surface area contributed by atoms with Crippen LogP contribution in [0.4, 0.5) is 0 Å². The highest BCUT2D eigenvalue weighted by Gasteiger charge is 2.49. The van der Waals surface area contributed by atoms with E-state index in [1.54, 1.807) is 4.90 Å². The van der Waals surface area contributed by atoms with Gasteiger partial charge in [0.2, 0.25) is 0 Å². The Hall–Kier alpha value is -3.19. The number of hydrogen-bond donors (Lipinski definition) is 1. The number of carbonyl (C=O) groups excluding carboxylic acids is 2. The molecule has 2 aromatic rings. The highest BCUT2D eigenvalue weighted by atomic mass is 35.5. The number of carbonyl (C=O) groups is 2. The number of rotatable bonds is 7. The quantitative estimate of drug-likeness (QED) is 0.333. The molecule has 1 unspecified atom stereocenters. The Morgan fingerprint density at radius 3 is 2.44 bits per heavy atom. The van der Waals surface area contributed by atoms with Crippen LogP contribution in [0.3, 0.4) is 0 Å². The van der Waals surface area contributed by atoms with Gasteiger partial charge in [-0.05, 0) is 43.5 Å². The lowest BCUT2D eigenvalue weighted by Gasteiger charge is -2.31. The van der Waals surface area contributed by atoms with Gasteiger partial charge in [0, 0.05) is 12.1 Å². The van der Waals surface area contributed by atoms with Crippen LogP contribution in [0, 0.1) is 0 Å². The van der Waals surface area contributed by atoms with E-state index in [-0.39, 0.29) is 28.7 Å². The Bertz CT molecular complexity index is 1140. The third-order valence-electron chi connectivity index (χ3n) is 6.41. The smallest absolute Gasteiger partial charge is 0.295 e. The van der Waals surface area contributed by atoms with Gasteiger partial charge in [-0.2, -0.15) is 0 Å². The highest BCUT2D eigenvalue weighted by molar-refractivity contribution is 6.46. The van der Waals surface area contributed by atoms with Crippen LogP contribution in [0.1, 0.15) is 49.8 Å². The lowest BCUT2D eigenvalue weighted by molar-refractivity contribution is -0.141. The number of aliphatic hydroxyl groups is 1. The van der Waals surface area contributed by atoms with Crippen molar-refractivity contribution in [1.29, 1.82) is 0 Å². The number of likely N-dealkylation sites (tertiary alicyclic amines) is 1. The van der Waals surface area contributed by atoms with E-state index in [0.717, 1.165) is 25.7 Å². The molecule has 0 radical (unpaired) electrons. The molecule has 2 fully saturated rings. The molecule has 4 rings (SSSR count). The molecule has 0 aromatic heterocycles. The minimum Gasteiger partial charge on any atom is -0.507 e. The predicted molar refractivity (Wildman–Crippen MR) is 129 cm³/mol. The molecule has 2 aromatic carbocycles. The third-order valence-corrected chi connectivity index (χ3v) is 6.71. The monoisotopic (exact) mass is 485 g/mol. The van der Waals surface area contributed by atoms with Crippen LogP contribution in [0.25, 0.3) is 5.76 Å². The summed E-state index contributed by atoms with van der Waals surface area (Å²) in [5.74, 6) is -0.478. The van der Waals surface area contributed by atoms with Gasteiger partial charge < -0.3 is 24.2 Å². The summed E-state index contributed by atoms with van der Waals surface area (Å²) in [6, 6.07) is 9.48. The SMILES string of the molecule is CCOc1cccc(C2/C(=C(\O)c3cc(OC)c(Cl)cc3OC)C(=O)C(=O)N2C2CCCC2)c1. The largest absolute Gasteiger partial charge is 0.507 e. The molecule has 1 N–H and O–H groups in total. The van der Waals surface area contributed by atoms with E-state index in [9.17, 15) is 14.7 Å². The Balaban J connectivity index is 1.94. The van der Waals surface area contributed by atoms with Crippen molar-refractivity contribution >= 4 is 29.1 Å². The highest BCUT2D eigenvalue weighted by Crippen LogP contribution is 2.46. The third kappa shape index (κ3) is 4.20. The Morgan fingerprint density at radius 1 is 1.09 bits per heavy atom. The molecule has 1 heterocycles. The first kappa shape index (κ1) is 24.0. The number of Topliss-reactive ketones (excluding diaryl/α,β-unsaturated/α-hetero) is 1. The molecule has 0 bridgehead atoms. The molecule has 1 atom stereocenters. The molecule has 1 aliphatic carbocycles. The normalized spacial score (nSPS) is 20.1. The number of ether oxygens (including phenoxy) is 3. The molecule has 1 amide bonds. The maximum absolute atomic E-state index is 13.4. The van der Waals surface area contributed by atoms with Crippen LogP contribution in [0.15, 0.2) is 42.0 Å². The Kier molecular flexibility index (Phi) is 7.03. The van der Waals surface area contributed by atoms with Crippen molar-refractivity contribution in [2.24, 2.45) is 0 Å². The van der Waals surface area contributed by atoms with E-state index >= 15 is 0 Å². The maximum Gasteiger partial charge on any atom is 0.295 e. The summed E-state index contributed by atoms with van der Waals surface area (Å²) < 4.78 is 16.4. The summed E-state index contributed by atoms with van der Waals surface area (Å²) in [6.45, 7) is 2.37. The number of amides is 1. The minimum absolute atomic E-state index is 0.00761. The fourth-order valence-corrected chi connectivity index (χ4v) is 5.10. The van der Waals surface area contributed by atoms with Crippen molar-refractivity contribution in [2.45, 2.75) is 44.7 Å². The van der Waals surface area contributed by atoms with Crippen LogP contribution in [0.2, 0.25) is 5.02 Å². The van der Waals surface area contributed by atoms with E-state index < -0.39 is 17.7 Å². The molecule has 1 saturated heterocycles. The number of nitrogens with zero attached hydrogens (tertiary/aromatic N) is 1. The van der Waals surface area contributed by atoms with Gasteiger partial charge in [0.1, 0.15) is 23.0 Å². The zero-order valence-electron chi connectivity index (χ0n) is 19.5. The topological polar surface area (TPSA) is 85.3 Å². The van der Waals surface area contributed by atoms with Gasteiger partial charge >= 0.3 is 0 Å². The van der Waals surface area contributed by atoms with Gasteiger partial charge in [-0.25, -0.2) is 0 Å². The molecule has 1 saturated carbocycles. The summed E-state index contributed by atoms with van der Waals surface area (Å²) in [6.07, 6.45) is 3.60. The van der Waals surface area contributed by atoms with Crippen LogP contribution in [-0.4, -0.2) is 48.6 Å². The van der Waals surface area contributed by atoms with Crippen molar-refractivity contribution < 1.29 is 28.9 Å². The molecular formula is C26H28ClNO6. The van der Waals surface area contributed by atoms with Gasteiger partial charge in [0.25, 0.3) is 11.7 Å². The summed E-state index contributed by atoms with van der Waals surface area (Å²) in [4.78, 5) is 28.3. The van der Waals surface area contributed by atoms with Crippen LogP contribution in [-0.2, 0) is 9.59 Å². The second-order valence-electron chi connectivity index (χ2n) is 8.34. The number of ketones is 1. The van der Waals surface area contributed by atoms with E-state index in [4.69, 9.17) is 25.8 Å². The maximum atomic E-state index is 13.4. The standard InChI is InChI=1S/C26H28ClNO6/c1-4-34-17-11-7-8-15(12-17)23-22(25(30)26(31)28(23)16-9-5-6-10-16)24(29)18-13-21(33-3)19(27)14-20(18)32-2/h7-8,11-14,16,23,29H,4-6,9-10H2,1-3H3/b24-22+. The molecular weight excluding hydrogens is 458 g/mol. The van der Waals surface area contributed by atoms with E-state index in [2.05, 4.69) is 0 Å². The van der Waals surface area contributed by atoms with Gasteiger partial charge in [-0.3, -0.25) is 9.59 Å². The summed E-state index contributed by atoms with van der Waals surface area (Å²) in [5.41, 5.74) is 0.922. The zero-order chi connectivity index (χ0) is 24.4. The van der Waals surface area contributed by atoms with Crippen LogP contribution in [0.5, 0.6) is 17.2 Å². The van der Waals surface area contributed by atoms with Crippen molar-refractivity contribution in [3.05, 3.63) is 58.1 Å². The summed E-state index contributed by atoms with van der Waals surface area (Å²) in [7, 11) is 2.89. The number of methoxy groups -OCH3 is 2. The van der Waals surface area contributed by atoms with Gasteiger partial charge in [0.05, 0.1) is 43.0 Å². The summed E-state index contributed by atoms with van der Waals surface area (Å²) >= 11 is 6.23.